The van der Waals surface area contributed by atoms with E-state index in [1.165, 1.54) is 0 Å². The Morgan fingerprint density at radius 3 is 1.77 bits per heavy atom. The van der Waals surface area contributed by atoms with Crippen LogP contribution in [0.1, 0.15) is 65.2 Å². The third-order valence-corrected chi connectivity index (χ3v) is 5.77. The fraction of sp³-hybridized carbons (Fsp3) is 0.647. The Balaban J connectivity index is 2.49. The lowest BCUT2D eigenvalue weighted by Crippen LogP contribution is -2.23. The molecule has 0 radical (unpaired) electrons. The maximum Gasteiger partial charge on any atom is 0.339 e. The molecule has 0 amide bonds. The van der Waals surface area contributed by atoms with Gasteiger partial charge in [0.15, 0.2) is 6.29 Å². The van der Waals surface area contributed by atoms with E-state index in [1.807, 2.05) is 12.1 Å². The minimum Gasteiger partial charge on any atom is -0.507 e. The summed E-state index contributed by atoms with van der Waals surface area (Å²) in [5, 5.41) is 10.7. The van der Waals surface area contributed by atoms with E-state index in [0.29, 0.717) is 5.75 Å². The Kier molecular flexibility index (Phi) is 4.27. The van der Waals surface area contributed by atoms with Crippen molar-refractivity contribution in [3.05, 3.63) is 28.8 Å². The Labute approximate surface area is 133 Å². The molecule has 0 aromatic heterocycles. The highest BCUT2D eigenvalue weighted by Crippen LogP contribution is 2.61. The Morgan fingerprint density at radius 1 is 1.05 bits per heavy atom. The van der Waals surface area contributed by atoms with Crippen molar-refractivity contribution >= 4 is 7.60 Å². The van der Waals surface area contributed by atoms with Crippen LogP contribution in [0.4, 0.5) is 0 Å². The SMILES string of the molecule is CC1OP(=O)(Cc2cc(C(C)(C)C)c(O)c(C(C)(C)C)c2)O1. The molecule has 2 rings (SSSR count). The molecule has 5 heteroatoms. The molecular formula is C17H27O4P. The number of phenols is 1. The summed E-state index contributed by atoms with van der Waals surface area (Å²) in [6.45, 7) is 14.1. The quantitative estimate of drug-likeness (QED) is 0.771. The number of phenolic OH excluding ortho intramolecular Hbond substituents is 1. The van der Waals surface area contributed by atoms with Crippen LogP contribution in [0.15, 0.2) is 12.1 Å². The summed E-state index contributed by atoms with van der Waals surface area (Å²) in [6, 6.07) is 3.83. The van der Waals surface area contributed by atoms with Crippen molar-refractivity contribution in [1.82, 2.24) is 0 Å². The molecule has 0 spiro atoms. The molecule has 1 N–H and O–H groups in total. The average molecular weight is 326 g/mol. The first kappa shape index (κ1) is 17.5. The Bertz CT molecular complexity index is 578. The molecule has 1 saturated heterocycles. The van der Waals surface area contributed by atoms with Crippen LogP contribution in [0.25, 0.3) is 0 Å². The predicted molar refractivity (Wildman–Crippen MR) is 88.4 cm³/mol. The summed E-state index contributed by atoms with van der Waals surface area (Å²) in [6.07, 6.45) is -0.156. The highest BCUT2D eigenvalue weighted by Gasteiger charge is 2.40. The zero-order chi connectivity index (χ0) is 16.9. The third kappa shape index (κ3) is 3.56. The molecule has 0 atom stereocenters. The zero-order valence-electron chi connectivity index (χ0n) is 14.6. The maximum atomic E-state index is 12.3. The normalized spacial score (nSPS) is 25.9. The van der Waals surface area contributed by atoms with Crippen LogP contribution >= 0.6 is 7.60 Å². The van der Waals surface area contributed by atoms with Gasteiger partial charge in [-0.25, -0.2) is 0 Å². The first-order chi connectivity index (χ1) is 9.82. The molecule has 124 valence electrons. The summed E-state index contributed by atoms with van der Waals surface area (Å²) >= 11 is 0. The minimum absolute atomic E-state index is 0.205. The van der Waals surface area contributed by atoms with Gasteiger partial charge in [0.1, 0.15) is 5.75 Å². The largest absolute Gasteiger partial charge is 0.507 e. The van der Waals surface area contributed by atoms with Crippen LogP contribution < -0.4 is 0 Å². The van der Waals surface area contributed by atoms with Crippen LogP contribution in [0.2, 0.25) is 0 Å². The van der Waals surface area contributed by atoms with Gasteiger partial charge in [-0.05, 0) is 34.4 Å². The number of aromatic hydroxyl groups is 1. The monoisotopic (exact) mass is 326 g/mol. The van der Waals surface area contributed by atoms with E-state index in [-0.39, 0.29) is 17.0 Å². The highest BCUT2D eigenvalue weighted by molar-refractivity contribution is 7.54. The molecule has 1 aromatic rings. The molecule has 0 unspecified atom stereocenters. The van der Waals surface area contributed by atoms with Gasteiger partial charge in [-0.15, -0.1) is 0 Å². The molecule has 22 heavy (non-hydrogen) atoms. The van der Waals surface area contributed by atoms with Crippen LogP contribution in [-0.4, -0.2) is 11.4 Å². The maximum absolute atomic E-state index is 12.3. The van der Waals surface area contributed by atoms with Crippen molar-refractivity contribution in [2.45, 2.75) is 71.7 Å². The van der Waals surface area contributed by atoms with E-state index in [0.717, 1.165) is 16.7 Å². The van der Waals surface area contributed by atoms with Crippen LogP contribution in [0, 0.1) is 0 Å². The first-order valence-electron chi connectivity index (χ1n) is 7.64. The molecule has 1 aromatic carbocycles. The molecule has 1 heterocycles. The summed E-state index contributed by atoms with van der Waals surface area (Å²) in [4.78, 5) is 0. The second-order valence-corrected chi connectivity index (χ2v) is 10.0. The summed E-state index contributed by atoms with van der Waals surface area (Å²) < 4.78 is 22.9. The van der Waals surface area contributed by atoms with Gasteiger partial charge in [0.05, 0.1) is 6.16 Å². The number of benzene rings is 1. The molecule has 1 fully saturated rings. The van der Waals surface area contributed by atoms with Gasteiger partial charge in [0, 0.05) is 0 Å². The molecule has 0 saturated carbocycles. The highest BCUT2D eigenvalue weighted by atomic mass is 31.2. The van der Waals surface area contributed by atoms with E-state index in [9.17, 15) is 9.67 Å². The van der Waals surface area contributed by atoms with E-state index in [1.54, 1.807) is 6.92 Å². The molecule has 1 aliphatic heterocycles. The van der Waals surface area contributed by atoms with Gasteiger partial charge < -0.3 is 5.11 Å². The molecular weight excluding hydrogens is 299 g/mol. The van der Waals surface area contributed by atoms with E-state index < -0.39 is 13.9 Å². The first-order valence-corrected chi connectivity index (χ1v) is 9.37. The zero-order valence-corrected chi connectivity index (χ0v) is 15.5. The van der Waals surface area contributed by atoms with Crippen molar-refractivity contribution < 1.29 is 18.7 Å². The van der Waals surface area contributed by atoms with Crippen molar-refractivity contribution in [1.29, 1.82) is 0 Å². The fourth-order valence-electron chi connectivity index (χ4n) is 2.69. The van der Waals surface area contributed by atoms with Gasteiger partial charge in [0.2, 0.25) is 0 Å². The van der Waals surface area contributed by atoms with Crippen LogP contribution in [0.3, 0.4) is 0 Å². The average Bonchev–Trinajstić information content (AvgIpc) is 2.26. The van der Waals surface area contributed by atoms with Crippen molar-refractivity contribution in [3.8, 4) is 5.75 Å². The van der Waals surface area contributed by atoms with Gasteiger partial charge in [0.25, 0.3) is 0 Å². The fourth-order valence-corrected chi connectivity index (χ4v) is 4.39. The lowest BCUT2D eigenvalue weighted by Gasteiger charge is -2.34. The van der Waals surface area contributed by atoms with Crippen molar-refractivity contribution in [2.75, 3.05) is 0 Å². The second kappa shape index (κ2) is 5.36. The molecule has 1 aliphatic rings. The molecule has 0 aliphatic carbocycles. The van der Waals surface area contributed by atoms with Gasteiger partial charge >= 0.3 is 7.60 Å². The standard InChI is InChI=1S/C17H27O4P/c1-11-20-22(19,21-11)10-12-8-13(16(2,3)4)15(18)14(9-12)17(5,6)7/h8-9,11,18H,10H2,1-7H3. The summed E-state index contributed by atoms with van der Waals surface area (Å²) in [7, 11) is -3.01. The van der Waals surface area contributed by atoms with Gasteiger partial charge in [-0.3, -0.25) is 13.6 Å². The Hall–Kier alpha value is -0.830. The minimum atomic E-state index is -3.01. The third-order valence-electron chi connectivity index (χ3n) is 3.78. The second-order valence-electron chi connectivity index (χ2n) is 8.09. The smallest absolute Gasteiger partial charge is 0.339 e. The number of rotatable bonds is 2. The Morgan fingerprint density at radius 2 is 1.45 bits per heavy atom. The number of hydrogen-bond donors (Lipinski definition) is 1. The van der Waals surface area contributed by atoms with Gasteiger partial charge in [-0.1, -0.05) is 53.7 Å². The lowest BCUT2D eigenvalue weighted by molar-refractivity contribution is -0.0776. The van der Waals surface area contributed by atoms with E-state index in [4.69, 9.17) is 9.05 Å². The van der Waals surface area contributed by atoms with Gasteiger partial charge in [-0.2, -0.15) is 0 Å². The predicted octanol–water partition coefficient (Wildman–Crippen LogP) is 5.07. The van der Waals surface area contributed by atoms with Crippen LogP contribution in [0.5, 0.6) is 5.75 Å². The topological polar surface area (TPSA) is 55.8 Å². The van der Waals surface area contributed by atoms with E-state index >= 15 is 0 Å². The van der Waals surface area contributed by atoms with Crippen molar-refractivity contribution in [2.24, 2.45) is 0 Å². The number of hydrogen-bond acceptors (Lipinski definition) is 4. The summed E-state index contributed by atoms with van der Waals surface area (Å²) in [5.41, 5.74) is 2.18. The summed E-state index contributed by atoms with van der Waals surface area (Å²) in [5.74, 6) is 0.325. The van der Waals surface area contributed by atoms with Crippen molar-refractivity contribution in [3.63, 3.8) is 0 Å². The van der Waals surface area contributed by atoms with E-state index in [2.05, 4.69) is 41.5 Å². The molecule has 4 nitrogen and oxygen atoms in total. The molecule has 0 bridgehead atoms. The lowest BCUT2D eigenvalue weighted by atomic mass is 9.78. The van der Waals surface area contributed by atoms with Crippen LogP contribution in [-0.2, 0) is 30.6 Å².